The minimum absolute atomic E-state index is 0.146. The van der Waals surface area contributed by atoms with Gasteiger partial charge in [-0.15, -0.1) is 0 Å². The lowest BCUT2D eigenvalue weighted by molar-refractivity contribution is -0.117. The van der Waals surface area contributed by atoms with Gasteiger partial charge < -0.3 is 29.6 Å². The van der Waals surface area contributed by atoms with Crippen LogP contribution < -0.4 is 25.7 Å². The van der Waals surface area contributed by atoms with E-state index in [9.17, 15) is 9.59 Å². The maximum absolute atomic E-state index is 13.2. The third-order valence-electron chi connectivity index (χ3n) is 9.63. The molecule has 0 bridgehead atoms. The Bertz CT molecular complexity index is 1890. The topological polar surface area (TPSA) is 115 Å². The van der Waals surface area contributed by atoms with Crippen LogP contribution in [0.5, 0.6) is 5.75 Å². The minimum atomic E-state index is -0.495. The van der Waals surface area contributed by atoms with E-state index in [0.717, 1.165) is 52.1 Å². The van der Waals surface area contributed by atoms with Gasteiger partial charge in [-0.1, -0.05) is 11.6 Å². The Kier molecular flexibility index (Phi) is 7.56. The van der Waals surface area contributed by atoms with E-state index in [-0.39, 0.29) is 17.9 Å². The Labute approximate surface area is 275 Å². The first kappa shape index (κ1) is 30.9. The highest BCUT2D eigenvalue weighted by Gasteiger charge is 2.52. The number of carbonyl (C=O) groups excluding carboxylic acids is 2. The van der Waals surface area contributed by atoms with Gasteiger partial charge in [-0.3, -0.25) is 14.6 Å². The highest BCUT2D eigenvalue weighted by Crippen LogP contribution is 2.44. The quantitative estimate of drug-likeness (QED) is 0.238. The summed E-state index contributed by atoms with van der Waals surface area (Å²) in [6, 6.07) is 15.2. The molecule has 0 radical (unpaired) electrons. The van der Waals surface area contributed by atoms with Crippen molar-refractivity contribution in [2.45, 2.75) is 71.7 Å². The zero-order chi connectivity index (χ0) is 33.1. The molecule has 11 heteroatoms. The Balaban J connectivity index is 1.04. The number of carbonyl (C=O) groups is 2. The highest BCUT2D eigenvalue weighted by atomic mass is 16.7. The summed E-state index contributed by atoms with van der Waals surface area (Å²) < 4.78 is 18.7. The van der Waals surface area contributed by atoms with E-state index < -0.39 is 18.3 Å². The number of nitrogens with one attached hydrogen (secondary N) is 2. The van der Waals surface area contributed by atoms with E-state index in [1.165, 1.54) is 0 Å². The molecule has 2 aromatic carbocycles. The molecule has 2 fully saturated rings. The number of rotatable bonds is 6. The van der Waals surface area contributed by atoms with E-state index in [4.69, 9.17) is 14.0 Å². The number of pyridine rings is 2. The number of fused-ring (bicyclic) bond motifs is 3. The molecule has 47 heavy (non-hydrogen) atoms. The van der Waals surface area contributed by atoms with Gasteiger partial charge >= 0.3 is 7.12 Å². The predicted octanol–water partition coefficient (Wildman–Crippen LogP) is 6.33. The summed E-state index contributed by atoms with van der Waals surface area (Å²) in [6.45, 7) is 12.8. The number of nitrogens with zero attached hydrogens (tertiary/aromatic N) is 3. The van der Waals surface area contributed by atoms with E-state index >= 15 is 0 Å². The Morgan fingerprint density at radius 1 is 0.957 bits per heavy atom. The van der Waals surface area contributed by atoms with E-state index in [1.54, 1.807) is 18.5 Å². The van der Waals surface area contributed by atoms with Crippen molar-refractivity contribution in [1.82, 2.24) is 9.97 Å². The van der Waals surface area contributed by atoms with Crippen molar-refractivity contribution in [2.24, 2.45) is 0 Å². The second-order valence-electron chi connectivity index (χ2n) is 13.4. The second kappa shape index (κ2) is 11.5. The summed E-state index contributed by atoms with van der Waals surface area (Å²) in [6.07, 6.45) is 6.36. The van der Waals surface area contributed by atoms with Crippen LogP contribution in [0.1, 0.15) is 75.0 Å². The van der Waals surface area contributed by atoms with Gasteiger partial charge in [-0.05, 0) is 89.8 Å². The average molecular weight is 632 g/mol. The molecular weight excluding hydrogens is 593 g/mol. The molecule has 0 spiro atoms. The lowest BCUT2D eigenvalue weighted by atomic mass is 9.76. The molecule has 1 unspecified atom stereocenters. The highest BCUT2D eigenvalue weighted by molar-refractivity contribution is 6.62. The zero-order valence-electron chi connectivity index (χ0n) is 27.5. The van der Waals surface area contributed by atoms with Gasteiger partial charge in [0.2, 0.25) is 5.91 Å². The molecule has 10 nitrogen and oxygen atoms in total. The summed E-state index contributed by atoms with van der Waals surface area (Å²) in [7, 11) is -0.495. The van der Waals surface area contributed by atoms with Crippen LogP contribution in [0.25, 0.3) is 11.1 Å². The van der Waals surface area contributed by atoms with Crippen molar-refractivity contribution in [3.05, 3.63) is 83.8 Å². The van der Waals surface area contributed by atoms with Crippen molar-refractivity contribution < 1.29 is 23.6 Å². The molecule has 5 heterocycles. The molecule has 0 aliphatic carbocycles. The number of anilines is 4. The first-order valence-corrected chi connectivity index (χ1v) is 16.0. The number of aryl methyl sites for hydroxylation is 1. The minimum Gasteiger partial charge on any atom is -0.485 e. The molecule has 2 N–H and O–H groups in total. The number of ether oxygens (including phenoxy) is 1. The van der Waals surface area contributed by atoms with E-state index in [2.05, 4.69) is 20.6 Å². The van der Waals surface area contributed by atoms with Crippen LogP contribution in [-0.2, 0) is 14.1 Å². The molecule has 3 aliphatic heterocycles. The fraction of sp³-hybridized carbons (Fsp3) is 0.333. The van der Waals surface area contributed by atoms with Crippen LogP contribution in [0.2, 0.25) is 0 Å². The van der Waals surface area contributed by atoms with Crippen LogP contribution in [0.15, 0.2) is 67.1 Å². The van der Waals surface area contributed by atoms with Crippen LogP contribution in [0.4, 0.5) is 22.9 Å². The van der Waals surface area contributed by atoms with Crippen molar-refractivity contribution in [2.75, 3.05) is 22.1 Å². The number of hydrogen-bond donors (Lipinski definition) is 2. The van der Waals surface area contributed by atoms with Crippen LogP contribution in [0.3, 0.4) is 0 Å². The smallest absolute Gasteiger partial charge is 0.485 e. The fourth-order valence-corrected chi connectivity index (χ4v) is 6.25. The third-order valence-corrected chi connectivity index (χ3v) is 9.63. The third kappa shape index (κ3) is 5.74. The molecule has 4 aromatic rings. The first-order valence-electron chi connectivity index (χ1n) is 16.0. The summed E-state index contributed by atoms with van der Waals surface area (Å²) in [5, 5.41) is 6.26. The van der Waals surface area contributed by atoms with E-state index in [0.29, 0.717) is 29.2 Å². The van der Waals surface area contributed by atoms with Crippen molar-refractivity contribution in [3.8, 4) is 16.9 Å². The number of aromatic nitrogens is 2. The molecule has 7 rings (SSSR count). The number of amides is 2. The van der Waals surface area contributed by atoms with Gasteiger partial charge in [0, 0.05) is 53.2 Å². The molecule has 0 saturated carbocycles. The maximum Gasteiger partial charge on any atom is 0.495 e. The van der Waals surface area contributed by atoms with E-state index in [1.807, 2.05) is 95.1 Å². The SMILES string of the molecule is Cc1cc(C(=O)Nc2cncc(Nc3cc4c(cn3)-c3ccc(N5CCCC5=O)cc3OC4C)c2)ccc1B1OC(C)(C)C(C)(C)O1. The van der Waals surface area contributed by atoms with Crippen LogP contribution in [0, 0.1) is 6.92 Å². The molecule has 2 aromatic heterocycles. The van der Waals surface area contributed by atoms with Gasteiger partial charge in [0.05, 0.1) is 35.0 Å². The summed E-state index contributed by atoms with van der Waals surface area (Å²) >= 11 is 0. The molecular formula is C36H38BN5O5. The van der Waals surface area contributed by atoms with Crippen LogP contribution in [-0.4, -0.2) is 46.6 Å². The summed E-state index contributed by atoms with van der Waals surface area (Å²) in [5.41, 5.74) is 6.45. The fourth-order valence-electron chi connectivity index (χ4n) is 6.25. The monoisotopic (exact) mass is 631 g/mol. The molecule has 2 amide bonds. The van der Waals surface area contributed by atoms with Gasteiger partial charge in [-0.25, -0.2) is 4.98 Å². The van der Waals surface area contributed by atoms with Gasteiger partial charge in [0.25, 0.3) is 5.91 Å². The zero-order valence-corrected chi connectivity index (χ0v) is 27.5. The average Bonchev–Trinajstić information content (AvgIpc) is 3.55. The van der Waals surface area contributed by atoms with Crippen molar-refractivity contribution in [3.63, 3.8) is 0 Å². The largest absolute Gasteiger partial charge is 0.495 e. The molecule has 1 atom stereocenters. The normalized spacial score (nSPS) is 19.2. The number of benzene rings is 2. The lowest BCUT2D eigenvalue weighted by Crippen LogP contribution is -2.41. The second-order valence-corrected chi connectivity index (χ2v) is 13.4. The van der Waals surface area contributed by atoms with Crippen LogP contribution >= 0.6 is 0 Å². The molecule has 2 saturated heterocycles. The predicted molar refractivity (Wildman–Crippen MR) is 183 cm³/mol. The van der Waals surface area contributed by atoms with Crippen molar-refractivity contribution >= 4 is 47.3 Å². The summed E-state index contributed by atoms with van der Waals surface area (Å²) in [4.78, 5) is 36.3. The molecule has 240 valence electrons. The Morgan fingerprint density at radius 3 is 2.45 bits per heavy atom. The standard InChI is InChI=1S/C36H38BN5O5/c1-21-14-23(9-12-30(21)37-46-35(3,4)36(5,6)47-37)34(44)41-25-15-24(18-38-19-25)40-32-17-28-22(2)45-31-16-26(42-13-7-8-33(42)43)10-11-27(31)29(28)20-39-32/h9-12,14-20,22H,7-8,13H2,1-6H3,(H,39,40)(H,41,44). The van der Waals surface area contributed by atoms with Crippen molar-refractivity contribution in [1.29, 1.82) is 0 Å². The molecule has 3 aliphatic rings. The Hall–Kier alpha value is -4.74. The Morgan fingerprint density at radius 2 is 1.72 bits per heavy atom. The first-order chi connectivity index (χ1) is 22.4. The summed E-state index contributed by atoms with van der Waals surface area (Å²) in [5.74, 6) is 1.27. The number of hydrogen-bond acceptors (Lipinski definition) is 8. The van der Waals surface area contributed by atoms with Gasteiger partial charge in [0.1, 0.15) is 17.7 Å². The lowest BCUT2D eigenvalue weighted by Gasteiger charge is -2.32. The van der Waals surface area contributed by atoms with Gasteiger partial charge in [0.15, 0.2) is 0 Å². The maximum atomic E-state index is 13.2. The van der Waals surface area contributed by atoms with Gasteiger partial charge in [-0.2, -0.15) is 0 Å².